The number of anilines is 1. The molecule has 166 valence electrons. The average molecular weight is 456 g/mol. The van der Waals surface area contributed by atoms with Crippen LogP contribution in [-0.4, -0.2) is 66.3 Å². The Bertz CT molecular complexity index is 1270. The normalized spacial score (nSPS) is 16.1. The van der Waals surface area contributed by atoms with Crippen molar-refractivity contribution in [2.45, 2.75) is 17.4 Å². The maximum Gasteiger partial charge on any atom is 0.291 e. The van der Waals surface area contributed by atoms with Crippen LogP contribution < -0.4 is 15.0 Å². The molecule has 1 aliphatic rings. The van der Waals surface area contributed by atoms with Crippen molar-refractivity contribution in [1.29, 1.82) is 0 Å². The molecular formula is C20H20N6O5S. The topological polar surface area (TPSA) is 147 Å². The third kappa shape index (κ3) is 4.44. The van der Waals surface area contributed by atoms with Gasteiger partial charge in [-0.15, -0.1) is 5.10 Å². The van der Waals surface area contributed by atoms with Crippen LogP contribution in [0.1, 0.15) is 22.0 Å². The Morgan fingerprint density at radius 3 is 2.78 bits per heavy atom. The van der Waals surface area contributed by atoms with E-state index in [1.165, 1.54) is 18.0 Å². The number of carbonyl (C=O) groups is 2. The fourth-order valence-electron chi connectivity index (χ4n) is 3.15. The molecule has 32 heavy (non-hydrogen) atoms. The van der Waals surface area contributed by atoms with E-state index in [-0.39, 0.29) is 28.9 Å². The van der Waals surface area contributed by atoms with Crippen molar-refractivity contribution >= 4 is 27.5 Å². The van der Waals surface area contributed by atoms with E-state index >= 15 is 0 Å². The number of amides is 2. The summed E-state index contributed by atoms with van der Waals surface area (Å²) < 4.78 is 29.2. The van der Waals surface area contributed by atoms with E-state index in [1.807, 2.05) is 30.3 Å². The molecule has 0 aliphatic carbocycles. The monoisotopic (exact) mass is 456 g/mol. The number of sulfone groups is 1. The number of likely N-dealkylation sites (N-methyl/N-ethyl adjacent to an activating group) is 1. The molecule has 0 radical (unpaired) electrons. The quantitative estimate of drug-likeness (QED) is 0.559. The van der Waals surface area contributed by atoms with Crippen molar-refractivity contribution in [1.82, 2.24) is 25.5 Å². The zero-order chi connectivity index (χ0) is 22.9. The molecule has 0 bridgehead atoms. The molecular weight excluding hydrogens is 436 g/mol. The molecule has 4 rings (SSSR count). The van der Waals surface area contributed by atoms with Gasteiger partial charge in [0.25, 0.3) is 11.8 Å². The van der Waals surface area contributed by atoms with Gasteiger partial charge in [0.15, 0.2) is 21.4 Å². The van der Waals surface area contributed by atoms with E-state index in [2.05, 4.69) is 25.5 Å². The first-order valence-electron chi connectivity index (χ1n) is 9.59. The van der Waals surface area contributed by atoms with Gasteiger partial charge in [-0.25, -0.2) is 18.4 Å². The molecule has 2 amide bonds. The lowest BCUT2D eigenvalue weighted by molar-refractivity contribution is -0.120. The van der Waals surface area contributed by atoms with E-state index in [1.54, 1.807) is 0 Å². The molecule has 3 aromatic rings. The predicted molar refractivity (Wildman–Crippen MR) is 113 cm³/mol. The predicted octanol–water partition coefficient (Wildman–Crippen LogP) is 0.348. The number of rotatable bonds is 5. The maximum atomic E-state index is 12.8. The van der Waals surface area contributed by atoms with Crippen molar-refractivity contribution in [2.75, 3.05) is 24.8 Å². The number of aromatic amines is 1. The Balaban J connectivity index is 1.48. The smallest absolute Gasteiger partial charge is 0.291 e. The number of hydrogen-bond donors (Lipinski definition) is 2. The van der Waals surface area contributed by atoms with Gasteiger partial charge in [-0.2, -0.15) is 0 Å². The minimum absolute atomic E-state index is 0.0359. The highest BCUT2D eigenvalue weighted by molar-refractivity contribution is 7.90. The van der Waals surface area contributed by atoms with Gasteiger partial charge in [0.2, 0.25) is 5.82 Å². The number of benzene rings is 1. The van der Waals surface area contributed by atoms with E-state index in [4.69, 9.17) is 4.74 Å². The summed E-state index contributed by atoms with van der Waals surface area (Å²) in [4.78, 5) is 34.9. The Morgan fingerprint density at radius 1 is 1.31 bits per heavy atom. The number of carbonyl (C=O) groups excluding carboxylic acids is 2. The Hall–Kier alpha value is -3.80. The Labute approximate surface area is 183 Å². The summed E-state index contributed by atoms with van der Waals surface area (Å²) in [5, 5.41) is 9.22. The van der Waals surface area contributed by atoms with Crippen molar-refractivity contribution in [3.05, 3.63) is 59.8 Å². The van der Waals surface area contributed by atoms with E-state index in [9.17, 15) is 18.0 Å². The first kappa shape index (κ1) is 21.4. The lowest BCUT2D eigenvalue weighted by Gasteiger charge is -2.19. The molecule has 0 unspecified atom stereocenters. The number of pyridine rings is 1. The number of aromatic nitrogens is 4. The van der Waals surface area contributed by atoms with Crippen LogP contribution in [0.3, 0.4) is 0 Å². The fourth-order valence-corrected chi connectivity index (χ4v) is 3.72. The van der Waals surface area contributed by atoms with E-state index < -0.39 is 27.7 Å². The molecule has 0 fully saturated rings. The number of ether oxygens (including phenoxy) is 1. The van der Waals surface area contributed by atoms with Crippen molar-refractivity contribution in [2.24, 2.45) is 0 Å². The van der Waals surface area contributed by atoms with Crippen LogP contribution in [-0.2, 0) is 21.1 Å². The molecule has 2 N–H and O–H groups in total. The molecule has 1 aliphatic heterocycles. The number of hydrogen-bond acceptors (Lipinski definition) is 8. The molecule has 12 heteroatoms. The standard InChI is InChI=1S/C20H20N6O5S/c1-26-18-15(9-13(10-21-18)32(2,29)30)31-11-14(20(26)28)22-19(27)17-23-16(24-25-17)8-12-6-4-3-5-7-12/h3-7,9-10,14H,8,11H2,1-2H3,(H,22,27)(H,23,24,25)/t14-/m0/s1. The van der Waals surface area contributed by atoms with Crippen LogP contribution in [0.15, 0.2) is 47.5 Å². The van der Waals surface area contributed by atoms with E-state index in [0.717, 1.165) is 18.0 Å². The minimum Gasteiger partial charge on any atom is -0.487 e. The minimum atomic E-state index is -3.50. The Morgan fingerprint density at radius 2 is 2.06 bits per heavy atom. The molecule has 2 aromatic heterocycles. The average Bonchev–Trinajstić information content (AvgIpc) is 3.20. The summed E-state index contributed by atoms with van der Waals surface area (Å²) >= 11 is 0. The van der Waals surface area contributed by atoms with E-state index in [0.29, 0.717) is 12.2 Å². The first-order valence-corrected chi connectivity index (χ1v) is 11.5. The number of fused-ring (bicyclic) bond motifs is 1. The van der Waals surface area contributed by atoms with Gasteiger partial charge in [-0.3, -0.25) is 19.6 Å². The second-order valence-electron chi connectivity index (χ2n) is 7.27. The summed E-state index contributed by atoms with van der Waals surface area (Å²) in [6.07, 6.45) is 2.68. The summed E-state index contributed by atoms with van der Waals surface area (Å²) in [5.41, 5.74) is 1.00. The molecule has 3 heterocycles. The maximum absolute atomic E-state index is 12.8. The van der Waals surface area contributed by atoms with Crippen molar-refractivity contribution < 1.29 is 22.7 Å². The molecule has 11 nitrogen and oxygen atoms in total. The highest BCUT2D eigenvalue weighted by Gasteiger charge is 2.33. The van der Waals surface area contributed by atoms with Gasteiger partial charge in [0.1, 0.15) is 18.5 Å². The second-order valence-corrected chi connectivity index (χ2v) is 9.28. The van der Waals surface area contributed by atoms with Crippen LogP contribution in [0.4, 0.5) is 5.82 Å². The first-order chi connectivity index (χ1) is 15.2. The van der Waals surface area contributed by atoms with Gasteiger partial charge >= 0.3 is 0 Å². The molecule has 0 saturated carbocycles. The zero-order valence-electron chi connectivity index (χ0n) is 17.3. The fraction of sp³-hybridized carbons (Fsp3) is 0.250. The van der Waals surface area contributed by atoms with Crippen LogP contribution in [0.5, 0.6) is 5.75 Å². The van der Waals surface area contributed by atoms with Gasteiger partial charge in [0, 0.05) is 32.0 Å². The van der Waals surface area contributed by atoms with Crippen LogP contribution in [0.2, 0.25) is 0 Å². The lowest BCUT2D eigenvalue weighted by atomic mass is 10.1. The summed E-state index contributed by atoms with van der Waals surface area (Å²) in [5.74, 6) is -0.438. The van der Waals surface area contributed by atoms with Gasteiger partial charge in [0.05, 0.1) is 4.90 Å². The zero-order valence-corrected chi connectivity index (χ0v) is 18.1. The highest BCUT2D eigenvalue weighted by atomic mass is 32.2. The highest BCUT2D eigenvalue weighted by Crippen LogP contribution is 2.30. The van der Waals surface area contributed by atoms with Gasteiger partial charge in [-0.05, 0) is 5.56 Å². The third-order valence-electron chi connectivity index (χ3n) is 4.84. The van der Waals surface area contributed by atoms with Gasteiger partial charge < -0.3 is 10.1 Å². The molecule has 1 aromatic carbocycles. The second kappa shape index (κ2) is 8.38. The third-order valence-corrected chi connectivity index (χ3v) is 5.92. The number of nitrogens with zero attached hydrogens (tertiary/aromatic N) is 4. The van der Waals surface area contributed by atoms with Crippen molar-refractivity contribution in [3.8, 4) is 5.75 Å². The van der Waals surface area contributed by atoms with Crippen LogP contribution >= 0.6 is 0 Å². The van der Waals surface area contributed by atoms with Crippen molar-refractivity contribution in [3.63, 3.8) is 0 Å². The number of nitrogens with one attached hydrogen (secondary N) is 2. The lowest BCUT2D eigenvalue weighted by Crippen LogP contribution is -2.49. The van der Waals surface area contributed by atoms with Crippen LogP contribution in [0.25, 0.3) is 0 Å². The molecule has 0 saturated heterocycles. The SMILES string of the molecule is CN1C(=O)[C@@H](NC(=O)c2n[nH]c(Cc3ccccc3)n2)COc2cc(S(C)(=O)=O)cnc21. The summed E-state index contributed by atoms with van der Waals surface area (Å²) in [6.45, 7) is -0.210. The van der Waals surface area contributed by atoms with Crippen LogP contribution in [0, 0.1) is 0 Å². The Kier molecular flexibility index (Phi) is 5.61. The summed E-state index contributed by atoms with van der Waals surface area (Å²) in [7, 11) is -2.04. The number of H-pyrrole nitrogens is 1. The molecule has 0 spiro atoms. The van der Waals surface area contributed by atoms with Gasteiger partial charge in [-0.1, -0.05) is 30.3 Å². The largest absolute Gasteiger partial charge is 0.487 e. The summed E-state index contributed by atoms with van der Waals surface area (Å²) in [6, 6.07) is 9.83. The molecule has 1 atom stereocenters.